The highest BCUT2D eigenvalue weighted by molar-refractivity contribution is 5.23. The number of allylic oxidation sites excluding steroid dienone is 1. The second-order valence-electron chi connectivity index (χ2n) is 3.29. The van der Waals surface area contributed by atoms with Crippen molar-refractivity contribution in [2.45, 2.75) is 27.7 Å². The molecule has 1 rings (SSSR count). The van der Waals surface area contributed by atoms with Gasteiger partial charge in [-0.25, -0.2) is 0 Å². The van der Waals surface area contributed by atoms with Crippen LogP contribution < -0.4 is 0 Å². The summed E-state index contributed by atoms with van der Waals surface area (Å²) in [6.07, 6.45) is 0. The van der Waals surface area contributed by atoms with Crippen LogP contribution in [0.5, 0.6) is 0 Å². The van der Waals surface area contributed by atoms with E-state index in [2.05, 4.69) is 44.7 Å². The fraction of sp³-hybridized carbons (Fsp3) is 0.333. The van der Waals surface area contributed by atoms with Crippen LogP contribution in [0, 0.1) is 13.8 Å². The molecule has 0 aromatic heterocycles. The van der Waals surface area contributed by atoms with Gasteiger partial charge in [-0.2, -0.15) is 0 Å². The van der Waals surface area contributed by atoms with Gasteiger partial charge in [-0.05, 0) is 38.8 Å². The van der Waals surface area contributed by atoms with Crippen molar-refractivity contribution in [1.29, 1.82) is 0 Å². The van der Waals surface area contributed by atoms with Crippen LogP contribution in [-0.4, -0.2) is 0 Å². The molecule has 0 aliphatic carbocycles. The van der Waals surface area contributed by atoms with Gasteiger partial charge in [0.1, 0.15) is 0 Å². The monoisotopic (exact) mass is 162 g/mol. The summed E-state index contributed by atoms with van der Waals surface area (Å²) >= 11 is 0. The van der Waals surface area contributed by atoms with Gasteiger partial charge in [0.25, 0.3) is 0 Å². The predicted octanol–water partition coefficient (Wildman–Crippen LogP) is 3.89. The van der Waals surface area contributed by atoms with Gasteiger partial charge in [-0.3, -0.25) is 0 Å². The Hall–Kier alpha value is -1.04. The van der Waals surface area contributed by atoms with Crippen molar-refractivity contribution < 1.29 is 0 Å². The molecule has 66 valence electrons. The number of rotatable bonds is 0. The Morgan fingerprint density at radius 1 is 1.00 bits per heavy atom. The summed E-state index contributed by atoms with van der Waals surface area (Å²) in [5.41, 5.74) is 3.90. The van der Waals surface area contributed by atoms with Crippen LogP contribution in [0.2, 0.25) is 0 Å². The molecule has 0 aliphatic rings. The molecule has 0 heteroatoms. The van der Waals surface area contributed by atoms with Gasteiger partial charge in [-0.15, -0.1) is 6.58 Å². The van der Waals surface area contributed by atoms with Crippen LogP contribution in [0.3, 0.4) is 0 Å². The Morgan fingerprint density at radius 2 is 1.25 bits per heavy atom. The van der Waals surface area contributed by atoms with E-state index >= 15 is 0 Å². The van der Waals surface area contributed by atoms with Crippen LogP contribution in [0.25, 0.3) is 0 Å². The number of aryl methyl sites for hydroxylation is 2. The zero-order valence-corrected chi connectivity index (χ0v) is 8.52. The van der Waals surface area contributed by atoms with E-state index in [4.69, 9.17) is 0 Å². The Bertz CT molecular complexity index is 221. The first-order valence-corrected chi connectivity index (χ1v) is 4.18. The highest BCUT2D eigenvalue weighted by Gasteiger charge is 1.83. The molecule has 0 saturated carbocycles. The van der Waals surface area contributed by atoms with E-state index in [9.17, 15) is 0 Å². The van der Waals surface area contributed by atoms with Gasteiger partial charge < -0.3 is 0 Å². The average molecular weight is 162 g/mol. The van der Waals surface area contributed by atoms with Crippen LogP contribution in [0.15, 0.2) is 36.4 Å². The topological polar surface area (TPSA) is 0 Å². The van der Waals surface area contributed by atoms with Gasteiger partial charge in [0.15, 0.2) is 0 Å². The van der Waals surface area contributed by atoms with Crippen LogP contribution in [0.4, 0.5) is 0 Å². The molecule has 0 nitrogen and oxygen atoms in total. The average Bonchev–Trinajstić information content (AvgIpc) is 1.94. The lowest BCUT2D eigenvalue weighted by Crippen LogP contribution is -1.74. The normalized spacial score (nSPS) is 8.33. The minimum atomic E-state index is 1.17. The van der Waals surface area contributed by atoms with Crippen LogP contribution >= 0.6 is 0 Å². The van der Waals surface area contributed by atoms with E-state index in [0.29, 0.717) is 0 Å². The SMILES string of the molecule is C=C(C)C.Cc1ccccc1C. The number of hydrogen-bond acceptors (Lipinski definition) is 0. The van der Waals surface area contributed by atoms with E-state index in [-0.39, 0.29) is 0 Å². The Kier molecular flexibility index (Phi) is 5.11. The summed E-state index contributed by atoms with van der Waals surface area (Å²) in [5, 5.41) is 0. The lowest BCUT2D eigenvalue weighted by Gasteiger charge is -1.93. The van der Waals surface area contributed by atoms with E-state index < -0.39 is 0 Å². The fourth-order valence-corrected chi connectivity index (χ4v) is 0.663. The zero-order chi connectivity index (χ0) is 9.56. The largest absolute Gasteiger partial charge is 0.100 e. The molecule has 1 aromatic rings. The van der Waals surface area contributed by atoms with Gasteiger partial charge in [0.05, 0.1) is 0 Å². The summed E-state index contributed by atoms with van der Waals surface area (Å²) in [7, 11) is 0. The first-order chi connectivity index (χ1) is 5.54. The summed E-state index contributed by atoms with van der Waals surface area (Å²) in [5.74, 6) is 0. The third-order valence-corrected chi connectivity index (χ3v) is 1.43. The van der Waals surface area contributed by atoms with Crippen molar-refractivity contribution in [3.63, 3.8) is 0 Å². The Balaban J connectivity index is 0.000000261. The van der Waals surface area contributed by atoms with Crippen molar-refractivity contribution >= 4 is 0 Å². The summed E-state index contributed by atoms with van der Waals surface area (Å²) in [4.78, 5) is 0. The first-order valence-electron chi connectivity index (χ1n) is 4.18. The molecule has 0 atom stereocenters. The highest BCUT2D eigenvalue weighted by Crippen LogP contribution is 2.02. The number of benzene rings is 1. The molecule has 0 N–H and O–H groups in total. The quantitative estimate of drug-likeness (QED) is 0.508. The van der Waals surface area contributed by atoms with Gasteiger partial charge >= 0.3 is 0 Å². The molecule has 0 unspecified atom stereocenters. The van der Waals surface area contributed by atoms with Gasteiger partial charge in [-0.1, -0.05) is 29.8 Å². The van der Waals surface area contributed by atoms with Gasteiger partial charge in [0, 0.05) is 0 Å². The maximum absolute atomic E-state index is 3.56. The standard InChI is InChI=1S/C8H10.C4H8/c1-7-5-3-4-6-8(7)2;1-4(2)3/h3-6H,1-2H3;1H2,2-3H3. The van der Waals surface area contributed by atoms with Crippen molar-refractivity contribution in [2.24, 2.45) is 0 Å². The van der Waals surface area contributed by atoms with E-state index in [1.54, 1.807) is 0 Å². The van der Waals surface area contributed by atoms with Crippen molar-refractivity contribution in [1.82, 2.24) is 0 Å². The second-order valence-corrected chi connectivity index (χ2v) is 3.29. The molecule has 0 bridgehead atoms. The molecule has 12 heavy (non-hydrogen) atoms. The molecule has 1 aromatic carbocycles. The lowest BCUT2D eigenvalue weighted by molar-refractivity contribution is 1.34. The van der Waals surface area contributed by atoms with Crippen LogP contribution in [0.1, 0.15) is 25.0 Å². The molecule has 0 aliphatic heterocycles. The maximum Gasteiger partial charge on any atom is -0.0395 e. The third-order valence-electron chi connectivity index (χ3n) is 1.43. The molecule has 0 amide bonds. The minimum Gasteiger partial charge on any atom is -0.100 e. The van der Waals surface area contributed by atoms with Gasteiger partial charge in [0.2, 0.25) is 0 Å². The molecule has 0 saturated heterocycles. The zero-order valence-electron chi connectivity index (χ0n) is 8.52. The van der Waals surface area contributed by atoms with E-state index in [1.165, 1.54) is 16.7 Å². The Labute approximate surface area is 75.9 Å². The molecule has 0 fully saturated rings. The fourth-order valence-electron chi connectivity index (χ4n) is 0.663. The van der Waals surface area contributed by atoms with Crippen molar-refractivity contribution in [3.05, 3.63) is 47.5 Å². The number of hydrogen-bond donors (Lipinski definition) is 0. The lowest BCUT2D eigenvalue weighted by atomic mass is 10.1. The van der Waals surface area contributed by atoms with Crippen molar-refractivity contribution in [3.8, 4) is 0 Å². The maximum atomic E-state index is 3.56. The smallest absolute Gasteiger partial charge is 0.0395 e. The molecular formula is C12H18. The highest BCUT2D eigenvalue weighted by atomic mass is 13.9. The van der Waals surface area contributed by atoms with E-state index in [0.717, 1.165) is 0 Å². The first kappa shape index (κ1) is 11.0. The molecular weight excluding hydrogens is 144 g/mol. The third kappa shape index (κ3) is 5.72. The van der Waals surface area contributed by atoms with Crippen LogP contribution in [-0.2, 0) is 0 Å². The molecule has 0 radical (unpaired) electrons. The van der Waals surface area contributed by atoms with Crippen molar-refractivity contribution in [2.75, 3.05) is 0 Å². The summed E-state index contributed by atoms with van der Waals surface area (Å²) < 4.78 is 0. The molecule has 0 spiro atoms. The summed E-state index contributed by atoms with van der Waals surface area (Å²) in [6, 6.07) is 8.36. The summed E-state index contributed by atoms with van der Waals surface area (Å²) in [6.45, 7) is 11.7. The molecule has 0 heterocycles. The van der Waals surface area contributed by atoms with E-state index in [1.807, 2.05) is 13.8 Å². The Morgan fingerprint density at radius 3 is 1.42 bits per heavy atom. The minimum absolute atomic E-state index is 1.17. The predicted molar refractivity (Wildman–Crippen MR) is 56.4 cm³/mol. The second kappa shape index (κ2) is 5.59.